The van der Waals surface area contributed by atoms with E-state index in [1.165, 1.54) is 24.8 Å². The van der Waals surface area contributed by atoms with Crippen LogP contribution in [-0.4, -0.2) is 35.1 Å². The van der Waals surface area contributed by atoms with Crippen LogP contribution < -0.4 is 5.32 Å². The van der Waals surface area contributed by atoms with Gasteiger partial charge in [-0.2, -0.15) is 0 Å². The number of hydrogen-bond acceptors (Lipinski definition) is 2. The predicted molar refractivity (Wildman–Crippen MR) is 87.2 cm³/mol. The van der Waals surface area contributed by atoms with Crippen molar-refractivity contribution in [3.63, 3.8) is 0 Å². The number of amides is 2. The maximum Gasteiger partial charge on any atom is 0.317 e. The Labute approximate surface area is 136 Å². The molecule has 2 aliphatic rings. The highest BCUT2D eigenvalue weighted by atomic mass is 16.4. The molecule has 23 heavy (non-hydrogen) atoms. The molecule has 3 rings (SSSR count). The monoisotopic (exact) mass is 316 g/mol. The van der Waals surface area contributed by atoms with Crippen LogP contribution in [-0.2, 0) is 11.3 Å². The minimum Gasteiger partial charge on any atom is -0.481 e. The van der Waals surface area contributed by atoms with Crippen LogP contribution in [0.1, 0.15) is 49.1 Å². The summed E-state index contributed by atoms with van der Waals surface area (Å²) in [6.45, 7) is 1.43. The summed E-state index contributed by atoms with van der Waals surface area (Å²) in [5.41, 5.74) is 2.47. The van der Waals surface area contributed by atoms with Crippen LogP contribution in [0.3, 0.4) is 0 Å². The zero-order chi connectivity index (χ0) is 16.2. The molecule has 1 unspecified atom stereocenters. The Kier molecular flexibility index (Phi) is 4.84. The number of likely N-dealkylation sites (tertiary alicyclic amines) is 1. The summed E-state index contributed by atoms with van der Waals surface area (Å²) in [5, 5.41) is 12.0. The lowest BCUT2D eigenvalue weighted by Gasteiger charge is -2.30. The molecule has 2 amide bonds. The average molecular weight is 316 g/mol. The number of carboxylic acids is 1. The van der Waals surface area contributed by atoms with Gasteiger partial charge in [-0.05, 0) is 42.7 Å². The summed E-state index contributed by atoms with van der Waals surface area (Å²) >= 11 is 0. The fraction of sp³-hybridized carbons (Fsp3) is 0.556. The first kappa shape index (κ1) is 15.8. The molecular weight excluding hydrogens is 292 g/mol. The molecule has 2 N–H and O–H groups in total. The van der Waals surface area contributed by atoms with E-state index in [1.54, 1.807) is 4.90 Å². The number of nitrogens with one attached hydrogen (secondary N) is 1. The van der Waals surface area contributed by atoms with E-state index < -0.39 is 11.9 Å². The number of piperidine rings is 1. The van der Waals surface area contributed by atoms with E-state index in [9.17, 15) is 9.59 Å². The molecule has 1 aliphatic heterocycles. The SMILES string of the molecule is O=C(O)C1CCCN(C(=O)NCc2ccc(C3CCC3)cc2)C1. The molecule has 1 aromatic carbocycles. The third-order valence-electron chi connectivity index (χ3n) is 5.06. The van der Waals surface area contributed by atoms with E-state index in [0.29, 0.717) is 26.1 Å². The molecule has 0 bridgehead atoms. The van der Waals surface area contributed by atoms with E-state index in [2.05, 4.69) is 29.6 Å². The molecule has 1 saturated heterocycles. The topological polar surface area (TPSA) is 69.6 Å². The second-order valence-corrected chi connectivity index (χ2v) is 6.65. The highest BCUT2D eigenvalue weighted by molar-refractivity contribution is 5.76. The predicted octanol–water partition coefficient (Wildman–Crippen LogP) is 2.96. The molecule has 5 nitrogen and oxygen atoms in total. The number of aliphatic carboxylic acids is 1. The summed E-state index contributed by atoms with van der Waals surface area (Å²) in [5.74, 6) is -0.523. The fourth-order valence-electron chi connectivity index (χ4n) is 3.30. The maximum absolute atomic E-state index is 12.2. The van der Waals surface area contributed by atoms with Crippen LogP contribution in [0.2, 0.25) is 0 Å². The molecule has 0 radical (unpaired) electrons. The van der Waals surface area contributed by atoms with Crippen LogP contribution in [0, 0.1) is 5.92 Å². The quantitative estimate of drug-likeness (QED) is 0.897. The van der Waals surface area contributed by atoms with Gasteiger partial charge in [0.15, 0.2) is 0 Å². The summed E-state index contributed by atoms with van der Waals surface area (Å²) in [7, 11) is 0. The number of carbonyl (C=O) groups excluding carboxylic acids is 1. The standard InChI is InChI=1S/C18H24N2O3/c21-17(22)16-5-2-10-20(12-16)18(23)19-11-13-6-8-15(9-7-13)14-3-1-4-14/h6-9,14,16H,1-5,10-12H2,(H,19,23)(H,21,22). The Morgan fingerprint density at radius 2 is 1.87 bits per heavy atom. The van der Waals surface area contributed by atoms with E-state index in [0.717, 1.165) is 17.9 Å². The van der Waals surface area contributed by atoms with Crippen molar-refractivity contribution in [1.82, 2.24) is 10.2 Å². The smallest absolute Gasteiger partial charge is 0.317 e. The van der Waals surface area contributed by atoms with Crippen LogP contribution >= 0.6 is 0 Å². The van der Waals surface area contributed by atoms with Gasteiger partial charge in [-0.3, -0.25) is 4.79 Å². The second-order valence-electron chi connectivity index (χ2n) is 6.65. The van der Waals surface area contributed by atoms with E-state index >= 15 is 0 Å². The average Bonchev–Trinajstić information content (AvgIpc) is 2.52. The summed E-state index contributed by atoms with van der Waals surface area (Å²) in [4.78, 5) is 24.9. The van der Waals surface area contributed by atoms with Gasteiger partial charge in [0, 0.05) is 19.6 Å². The van der Waals surface area contributed by atoms with Crippen molar-refractivity contribution in [1.29, 1.82) is 0 Å². The third kappa shape index (κ3) is 3.84. The molecule has 1 aliphatic carbocycles. The number of urea groups is 1. The number of nitrogens with zero attached hydrogens (tertiary/aromatic N) is 1. The zero-order valence-electron chi connectivity index (χ0n) is 13.3. The first-order chi connectivity index (χ1) is 11.1. The maximum atomic E-state index is 12.2. The van der Waals surface area contributed by atoms with Gasteiger partial charge in [0.25, 0.3) is 0 Å². The number of hydrogen-bond donors (Lipinski definition) is 2. The minimum absolute atomic E-state index is 0.168. The van der Waals surface area contributed by atoms with E-state index in [1.807, 2.05) is 0 Å². The van der Waals surface area contributed by atoms with Crippen molar-refractivity contribution in [2.75, 3.05) is 13.1 Å². The first-order valence-electron chi connectivity index (χ1n) is 8.48. The molecule has 1 saturated carbocycles. The Hall–Kier alpha value is -2.04. The molecular formula is C18H24N2O3. The second kappa shape index (κ2) is 7.02. The molecule has 0 spiro atoms. The van der Waals surface area contributed by atoms with Crippen LogP contribution in [0.25, 0.3) is 0 Å². The lowest BCUT2D eigenvalue weighted by molar-refractivity contribution is -0.143. The number of benzene rings is 1. The zero-order valence-corrected chi connectivity index (χ0v) is 13.3. The van der Waals surface area contributed by atoms with Crippen molar-refractivity contribution in [3.05, 3.63) is 35.4 Å². The highest BCUT2D eigenvalue weighted by Gasteiger charge is 2.27. The summed E-state index contributed by atoms with van der Waals surface area (Å²) in [6.07, 6.45) is 5.31. The number of carboxylic acid groups (broad SMARTS) is 1. The largest absolute Gasteiger partial charge is 0.481 e. The van der Waals surface area contributed by atoms with Crippen LogP contribution in [0.15, 0.2) is 24.3 Å². The Morgan fingerprint density at radius 3 is 2.48 bits per heavy atom. The van der Waals surface area contributed by atoms with Crippen molar-refractivity contribution in [2.24, 2.45) is 5.92 Å². The minimum atomic E-state index is -0.811. The highest BCUT2D eigenvalue weighted by Crippen LogP contribution is 2.36. The van der Waals surface area contributed by atoms with Gasteiger partial charge < -0.3 is 15.3 Å². The van der Waals surface area contributed by atoms with Gasteiger partial charge in [0.05, 0.1) is 5.92 Å². The van der Waals surface area contributed by atoms with Crippen molar-refractivity contribution < 1.29 is 14.7 Å². The van der Waals surface area contributed by atoms with Crippen molar-refractivity contribution in [3.8, 4) is 0 Å². The first-order valence-corrected chi connectivity index (χ1v) is 8.48. The molecule has 1 atom stereocenters. The number of carbonyl (C=O) groups is 2. The number of rotatable bonds is 4. The van der Waals surface area contributed by atoms with E-state index in [-0.39, 0.29) is 6.03 Å². The molecule has 0 aromatic heterocycles. The molecule has 1 heterocycles. The van der Waals surface area contributed by atoms with Crippen LogP contribution in [0.5, 0.6) is 0 Å². The van der Waals surface area contributed by atoms with Gasteiger partial charge >= 0.3 is 12.0 Å². The van der Waals surface area contributed by atoms with Gasteiger partial charge in [-0.25, -0.2) is 4.79 Å². The Morgan fingerprint density at radius 1 is 1.13 bits per heavy atom. The summed E-state index contributed by atoms with van der Waals surface area (Å²) in [6, 6.07) is 8.30. The van der Waals surface area contributed by atoms with Gasteiger partial charge in [0.2, 0.25) is 0 Å². The van der Waals surface area contributed by atoms with Gasteiger partial charge in [0.1, 0.15) is 0 Å². The van der Waals surface area contributed by atoms with Gasteiger partial charge in [-0.1, -0.05) is 30.7 Å². The summed E-state index contributed by atoms with van der Waals surface area (Å²) < 4.78 is 0. The van der Waals surface area contributed by atoms with Crippen molar-refractivity contribution in [2.45, 2.75) is 44.6 Å². The van der Waals surface area contributed by atoms with Crippen molar-refractivity contribution >= 4 is 12.0 Å². The Bertz CT molecular complexity index is 566. The lowest BCUT2D eigenvalue weighted by atomic mass is 9.80. The molecule has 5 heteroatoms. The third-order valence-corrected chi connectivity index (χ3v) is 5.06. The Balaban J connectivity index is 1.49. The van der Waals surface area contributed by atoms with Crippen LogP contribution in [0.4, 0.5) is 4.79 Å². The lowest BCUT2D eigenvalue weighted by Crippen LogP contribution is -2.46. The van der Waals surface area contributed by atoms with E-state index in [4.69, 9.17) is 5.11 Å². The molecule has 1 aromatic rings. The molecule has 124 valence electrons. The molecule has 2 fully saturated rings. The van der Waals surface area contributed by atoms with Gasteiger partial charge in [-0.15, -0.1) is 0 Å². The fourth-order valence-corrected chi connectivity index (χ4v) is 3.30. The normalized spacial score (nSPS) is 21.6.